The van der Waals surface area contributed by atoms with Gasteiger partial charge in [0.05, 0.1) is 0 Å². The van der Waals surface area contributed by atoms with Gasteiger partial charge in [-0.15, -0.1) is 0 Å². The summed E-state index contributed by atoms with van der Waals surface area (Å²) in [6.45, 7) is 4.25. The van der Waals surface area contributed by atoms with E-state index >= 15 is 0 Å². The first-order valence-corrected chi connectivity index (χ1v) is 8.66. The van der Waals surface area contributed by atoms with Gasteiger partial charge in [0.2, 0.25) is 0 Å². The highest BCUT2D eigenvalue weighted by Gasteiger charge is 2.33. The third-order valence-electron chi connectivity index (χ3n) is 5.07. The number of azide groups is 1. The Labute approximate surface area is 143 Å². The second kappa shape index (κ2) is 8.00. The van der Waals surface area contributed by atoms with Crippen LogP contribution < -0.4 is 0 Å². The number of nitrogens with zero attached hydrogens (tertiary/aromatic N) is 4. The van der Waals surface area contributed by atoms with Gasteiger partial charge in [-0.3, -0.25) is 4.90 Å². The van der Waals surface area contributed by atoms with E-state index in [1.165, 1.54) is 11.1 Å². The van der Waals surface area contributed by atoms with Crippen LogP contribution in [0, 0.1) is 0 Å². The summed E-state index contributed by atoms with van der Waals surface area (Å²) in [4.78, 5) is 5.65. The molecule has 1 saturated heterocycles. The molecular formula is C20H24N4. The fourth-order valence-electron chi connectivity index (χ4n) is 3.85. The lowest BCUT2D eigenvalue weighted by molar-refractivity contribution is 0.185. The molecule has 0 amide bonds. The molecule has 0 aromatic heterocycles. The van der Waals surface area contributed by atoms with Crippen molar-refractivity contribution in [2.24, 2.45) is 5.11 Å². The summed E-state index contributed by atoms with van der Waals surface area (Å²) < 4.78 is 0. The van der Waals surface area contributed by atoms with Gasteiger partial charge in [0.25, 0.3) is 0 Å². The molecule has 0 spiro atoms. The molecular weight excluding hydrogens is 296 g/mol. The molecule has 4 nitrogen and oxygen atoms in total. The maximum Gasteiger partial charge on any atom is 0.0458 e. The predicted octanol–water partition coefficient (Wildman–Crippen LogP) is 5.13. The quantitative estimate of drug-likeness (QED) is 0.437. The van der Waals surface area contributed by atoms with Crippen LogP contribution in [-0.2, 0) is 6.54 Å². The normalized spacial score (nSPS) is 24.8. The molecule has 1 heterocycles. The number of rotatable bonds is 4. The van der Waals surface area contributed by atoms with E-state index in [4.69, 9.17) is 5.53 Å². The van der Waals surface area contributed by atoms with Crippen molar-refractivity contribution in [2.45, 2.75) is 44.3 Å². The standard InChI is InChI=1S/C20H24N4/c1-16-20(18-11-6-3-7-12-18)19(22-23-21)13-8-14-24(16)15-17-9-4-2-5-10-17/h2-7,9-12,16,19-20H,8,13-15H2,1H3/t16-,19-,20+/m0/s1. The van der Waals surface area contributed by atoms with E-state index in [0.29, 0.717) is 6.04 Å². The Bertz CT molecular complexity index is 679. The molecule has 0 unspecified atom stereocenters. The van der Waals surface area contributed by atoms with E-state index in [2.05, 4.69) is 76.4 Å². The number of hydrogen-bond donors (Lipinski definition) is 0. The van der Waals surface area contributed by atoms with Gasteiger partial charge in [-0.05, 0) is 43.0 Å². The van der Waals surface area contributed by atoms with E-state index in [9.17, 15) is 0 Å². The highest BCUT2D eigenvalue weighted by atomic mass is 15.2. The summed E-state index contributed by atoms with van der Waals surface area (Å²) in [5.41, 5.74) is 11.6. The minimum Gasteiger partial charge on any atom is -0.296 e. The molecule has 3 atom stereocenters. The minimum atomic E-state index is 0.0215. The largest absolute Gasteiger partial charge is 0.296 e. The predicted molar refractivity (Wildman–Crippen MR) is 97.7 cm³/mol. The van der Waals surface area contributed by atoms with Gasteiger partial charge < -0.3 is 0 Å². The van der Waals surface area contributed by atoms with Crippen LogP contribution >= 0.6 is 0 Å². The van der Waals surface area contributed by atoms with Crippen LogP contribution in [-0.4, -0.2) is 23.5 Å². The molecule has 0 N–H and O–H groups in total. The van der Waals surface area contributed by atoms with Crippen LogP contribution in [0.25, 0.3) is 10.4 Å². The summed E-state index contributed by atoms with van der Waals surface area (Å²) in [5, 5.41) is 4.15. The zero-order valence-corrected chi connectivity index (χ0v) is 14.1. The van der Waals surface area contributed by atoms with Gasteiger partial charge in [0.15, 0.2) is 0 Å². The molecule has 1 aliphatic rings. The summed E-state index contributed by atoms with van der Waals surface area (Å²) in [7, 11) is 0. The SMILES string of the molecule is C[C@H]1[C@H](c2ccccc2)[C@@H](N=[N+]=[N-])CCCN1Cc1ccccc1. The zero-order chi connectivity index (χ0) is 16.8. The molecule has 0 saturated carbocycles. The maximum atomic E-state index is 9.01. The van der Waals surface area contributed by atoms with Gasteiger partial charge in [0, 0.05) is 29.5 Å². The van der Waals surface area contributed by atoms with Crippen LogP contribution in [0.1, 0.15) is 36.8 Å². The molecule has 124 valence electrons. The first-order valence-electron chi connectivity index (χ1n) is 8.66. The van der Waals surface area contributed by atoms with Crippen molar-refractivity contribution >= 4 is 0 Å². The Balaban J connectivity index is 1.89. The van der Waals surface area contributed by atoms with Crippen molar-refractivity contribution in [3.63, 3.8) is 0 Å². The highest BCUT2D eigenvalue weighted by Crippen LogP contribution is 2.34. The molecule has 0 aliphatic carbocycles. The maximum absolute atomic E-state index is 9.01. The van der Waals surface area contributed by atoms with Crippen LogP contribution in [0.3, 0.4) is 0 Å². The van der Waals surface area contributed by atoms with Gasteiger partial charge in [-0.1, -0.05) is 65.8 Å². The Kier molecular flexibility index (Phi) is 5.52. The number of likely N-dealkylation sites (tertiary alicyclic amines) is 1. The molecule has 1 aliphatic heterocycles. The average Bonchev–Trinajstić information content (AvgIpc) is 2.76. The lowest BCUT2D eigenvalue weighted by Gasteiger charge is -2.34. The van der Waals surface area contributed by atoms with Crippen molar-refractivity contribution < 1.29 is 0 Å². The van der Waals surface area contributed by atoms with Crippen molar-refractivity contribution in [1.82, 2.24) is 4.90 Å². The molecule has 0 bridgehead atoms. The first-order chi connectivity index (χ1) is 11.8. The van der Waals surface area contributed by atoms with Gasteiger partial charge >= 0.3 is 0 Å². The third kappa shape index (κ3) is 3.78. The Hall–Kier alpha value is -2.29. The fraction of sp³-hybridized carbons (Fsp3) is 0.400. The van der Waals surface area contributed by atoms with Crippen LogP contribution in [0.2, 0.25) is 0 Å². The van der Waals surface area contributed by atoms with E-state index in [0.717, 1.165) is 25.9 Å². The average molecular weight is 320 g/mol. The number of benzene rings is 2. The Morgan fingerprint density at radius 3 is 2.42 bits per heavy atom. The summed E-state index contributed by atoms with van der Waals surface area (Å²) in [6, 6.07) is 21.4. The lowest BCUT2D eigenvalue weighted by atomic mass is 9.84. The van der Waals surface area contributed by atoms with Gasteiger partial charge in [-0.25, -0.2) is 0 Å². The molecule has 0 radical (unpaired) electrons. The molecule has 2 aromatic rings. The van der Waals surface area contributed by atoms with Gasteiger partial charge in [0.1, 0.15) is 0 Å². The Morgan fingerprint density at radius 2 is 1.75 bits per heavy atom. The van der Waals surface area contributed by atoms with Crippen molar-refractivity contribution in [3.8, 4) is 0 Å². The van der Waals surface area contributed by atoms with Crippen LogP contribution in [0.15, 0.2) is 65.8 Å². The fourth-order valence-corrected chi connectivity index (χ4v) is 3.85. The summed E-state index contributed by atoms with van der Waals surface area (Å²) >= 11 is 0. The summed E-state index contributed by atoms with van der Waals surface area (Å²) in [5.74, 6) is 0.230. The Morgan fingerprint density at radius 1 is 1.08 bits per heavy atom. The molecule has 24 heavy (non-hydrogen) atoms. The number of hydrogen-bond acceptors (Lipinski definition) is 2. The van der Waals surface area contributed by atoms with Crippen LogP contribution in [0.5, 0.6) is 0 Å². The first kappa shape index (κ1) is 16.6. The molecule has 3 rings (SSSR count). The van der Waals surface area contributed by atoms with Crippen molar-refractivity contribution in [1.29, 1.82) is 0 Å². The van der Waals surface area contributed by atoms with Crippen molar-refractivity contribution in [2.75, 3.05) is 6.54 Å². The van der Waals surface area contributed by atoms with E-state index in [1.807, 2.05) is 6.07 Å². The van der Waals surface area contributed by atoms with E-state index in [-0.39, 0.29) is 12.0 Å². The topological polar surface area (TPSA) is 52.0 Å². The molecule has 1 fully saturated rings. The van der Waals surface area contributed by atoms with Crippen LogP contribution in [0.4, 0.5) is 0 Å². The lowest BCUT2D eigenvalue weighted by Crippen LogP contribution is -2.38. The zero-order valence-electron chi connectivity index (χ0n) is 14.1. The minimum absolute atomic E-state index is 0.0215. The second-order valence-electron chi connectivity index (χ2n) is 6.55. The summed E-state index contributed by atoms with van der Waals surface area (Å²) in [6.07, 6.45) is 2.00. The smallest absolute Gasteiger partial charge is 0.0458 e. The third-order valence-corrected chi connectivity index (χ3v) is 5.07. The second-order valence-corrected chi connectivity index (χ2v) is 6.55. The highest BCUT2D eigenvalue weighted by molar-refractivity contribution is 5.24. The molecule has 2 aromatic carbocycles. The monoisotopic (exact) mass is 320 g/mol. The van der Waals surface area contributed by atoms with Crippen molar-refractivity contribution in [3.05, 3.63) is 82.2 Å². The molecule has 4 heteroatoms. The van der Waals surface area contributed by atoms with E-state index in [1.54, 1.807) is 0 Å². The van der Waals surface area contributed by atoms with E-state index < -0.39 is 0 Å². The van der Waals surface area contributed by atoms with Gasteiger partial charge in [-0.2, -0.15) is 0 Å².